The number of benzene rings is 2. The first-order valence-corrected chi connectivity index (χ1v) is 10.3. The van der Waals surface area contributed by atoms with E-state index in [2.05, 4.69) is 5.32 Å². The molecule has 2 unspecified atom stereocenters. The van der Waals surface area contributed by atoms with E-state index >= 15 is 0 Å². The lowest BCUT2D eigenvalue weighted by molar-refractivity contribution is -0.143. The Bertz CT molecular complexity index is 988. The average molecular weight is 475 g/mol. The standard InChI is InChI=1S/C22H20F7N3O/c23-16-3-1-13(2-4-16)18-12-30-6-5-19(18)32-8-7-31(20(32)33)17-10-14(21(24,25)26)9-15(11-17)22(27,28)29/h1-4,9-11,18-19,30H,5-8,12H2. The summed E-state index contributed by atoms with van der Waals surface area (Å²) in [7, 11) is 0. The number of nitrogens with zero attached hydrogens (tertiary/aromatic N) is 2. The normalized spacial score (nSPS) is 22.2. The monoisotopic (exact) mass is 475 g/mol. The predicted octanol–water partition coefficient (Wildman–Crippen LogP) is 5.25. The summed E-state index contributed by atoms with van der Waals surface area (Å²) >= 11 is 0. The van der Waals surface area contributed by atoms with Crippen molar-refractivity contribution in [1.82, 2.24) is 10.2 Å². The molecule has 2 aliphatic heterocycles. The molecule has 0 bridgehead atoms. The molecule has 4 nitrogen and oxygen atoms in total. The van der Waals surface area contributed by atoms with E-state index in [0.29, 0.717) is 31.6 Å². The van der Waals surface area contributed by atoms with Crippen LogP contribution in [0.1, 0.15) is 29.0 Å². The Morgan fingerprint density at radius 1 is 0.879 bits per heavy atom. The van der Waals surface area contributed by atoms with Crippen LogP contribution in [0.4, 0.5) is 41.2 Å². The first kappa shape index (κ1) is 23.3. The van der Waals surface area contributed by atoms with Crippen molar-refractivity contribution in [2.45, 2.75) is 30.7 Å². The van der Waals surface area contributed by atoms with Crippen LogP contribution in [0.2, 0.25) is 0 Å². The molecule has 2 atom stereocenters. The van der Waals surface area contributed by atoms with Crippen molar-refractivity contribution in [3.05, 3.63) is 65.0 Å². The Balaban J connectivity index is 1.64. The molecule has 0 spiro atoms. The summed E-state index contributed by atoms with van der Waals surface area (Å²) in [6, 6.07) is 6.03. The molecular weight excluding hydrogens is 455 g/mol. The molecule has 178 valence electrons. The molecule has 2 aromatic rings. The molecule has 2 aromatic carbocycles. The minimum Gasteiger partial charge on any atom is -0.319 e. The van der Waals surface area contributed by atoms with Gasteiger partial charge in [-0.2, -0.15) is 26.3 Å². The molecule has 2 fully saturated rings. The van der Waals surface area contributed by atoms with E-state index in [1.807, 2.05) is 0 Å². The molecular formula is C22H20F7N3O. The van der Waals surface area contributed by atoms with Gasteiger partial charge in [-0.15, -0.1) is 0 Å². The van der Waals surface area contributed by atoms with Crippen molar-refractivity contribution in [2.24, 2.45) is 0 Å². The van der Waals surface area contributed by atoms with Crippen LogP contribution in [0.25, 0.3) is 0 Å². The van der Waals surface area contributed by atoms with Crippen LogP contribution >= 0.6 is 0 Å². The number of urea groups is 1. The highest BCUT2D eigenvalue weighted by Gasteiger charge is 2.42. The number of hydrogen-bond acceptors (Lipinski definition) is 2. The number of anilines is 1. The minimum atomic E-state index is -5.00. The lowest BCUT2D eigenvalue weighted by Crippen LogP contribution is -2.49. The molecule has 4 rings (SSSR count). The largest absolute Gasteiger partial charge is 0.416 e. The maximum absolute atomic E-state index is 13.3. The van der Waals surface area contributed by atoms with E-state index in [4.69, 9.17) is 0 Å². The zero-order chi connectivity index (χ0) is 24.0. The van der Waals surface area contributed by atoms with Gasteiger partial charge in [-0.05, 0) is 48.9 Å². The first-order valence-electron chi connectivity index (χ1n) is 10.3. The number of amides is 2. The first-order chi connectivity index (χ1) is 15.4. The number of piperidine rings is 1. The summed E-state index contributed by atoms with van der Waals surface area (Å²) in [5, 5.41) is 3.21. The van der Waals surface area contributed by atoms with Crippen molar-refractivity contribution in [3.63, 3.8) is 0 Å². The van der Waals surface area contributed by atoms with Crippen LogP contribution in [0.3, 0.4) is 0 Å². The second-order valence-corrected chi connectivity index (χ2v) is 8.11. The summed E-state index contributed by atoms with van der Waals surface area (Å²) in [4.78, 5) is 15.6. The molecule has 2 saturated heterocycles. The quantitative estimate of drug-likeness (QED) is 0.616. The molecule has 2 heterocycles. The second kappa shape index (κ2) is 8.51. The fourth-order valence-corrected chi connectivity index (χ4v) is 4.46. The fraction of sp³-hybridized carbons (Fsp3) is 0.409. The SMILES string of the molecule is O=C1N(c2cc(C(F)(F)F)cc(C(F)(F)F)c2)CCN1C1CCNCC1c1ccc(F)cc1. The van der Waals surface area contributed by atoms with Crippen LogP contribution in [-0.2, 0) is 12.4 Å². The predicted molar refractivity (Wildman–Crippen MR) is 106 cm³/mol. The third-order valence-electron chi connectivity index (χ3n) is 6.07. The lowest BCUT2D eigenvalue weighted by Gasteiger charge is -2.38. The Morgan fingerprint density at radius 3 is 2.06 bits per heavy atom. The fourth-order valence-electron chi connectivity index (χ4n) is 4.46. The Labute approximate surface area is 185 Å². The highest BCUT2D eigenvalue weighted by atomic mass is 19.4. The van der Waals surface area contributed by atoms with Gasteiger partial charge in [0.15, 0.2) is 0 Å². The van der Waals surface area contributed by atoms with Crippen LogP contribution in [0.15, 0.2) is 42.5 Å². The van der Waals surface area contributed by atoms with Gasteiger partial charge in [-0.3, -0.25) is 4.90 Å². The van der Waals surface area contributed by atoms with E-state index in [1.54, 1.807) is 12.1 Å². The number of carbonyl (C=O) groups excluding carboxylic acids is 1. The zero-order valence-corrected chi connectivity index (χ0v) is 17.2. The minimum absolute atomic E-state index is 0.0409. The van der Waals surface area contributed by atoms with Crippen LogP contribution in [0, 0.1) is 5.82 Å². The van der Waals surface area contributed by atoms with Crippen LogP contribution in [0.5, 0.6) is 0 Å². The summed E-state index contributed by atoms with van der Waals surface area (Å²) < 4.78 is 92.8. The third kappa shape index (κ3) is 4.78. The number of alkyl halides is 6. The highest BCUT2D eigenvalue weighted by Crippen LogP contribution is 2.40. The van der Waals surface area contributed by atoms with Gasteiger partial charge in [-0.1, -0.05) is 12.1 Å². The van der Waals surface area contributed by atoms with Gasteiger partial charge in [0.1, 0.15) is 5.82 Å². The topological polar surface area (TPSA) is 35.6 Å². The van der Waals surface area contributed by atoms with Gasteiger partial charge >= 0.3 is 18.4 Å². The third-order valence-corrected chi connectivity index (χ3v) is 6.07. The van der Waals surface area contributed by atoms with E-state index in [1.165, 1.54) is 17.0 Å². The number of carbonyl (C=O) groups is 1. The smallest absolute Gasteiger partial charge is 0.319 e. The summed E-state index contributed by atoms with van der Waals surface area (Å²) in [6.07, 6.45) is -9.46. The molecule has 0 saturated carbocycles. The molecule has 33 heavy (non-hydrogen) atoms. The number of halogens is 7. The second-order valence-electron chi connectivity index (χ2n) is 8.11. The highest BCUT2D eigenvalue weighted by molar-refractivity contribution is 5.94. The Morgan fingerprint density at radius 2 is 1.48 bits per heavy atom. The molecule has 2 amide bonds. The Kier molecular flexibility index (Phi) is 6.02. The van der Waals surface area contributed by atoms with Gasteiger partial charge in [0, 0.05) is 37.3 Å². The maximum atomic E-state index is 13.3. The van der Waals surface area contributed by atoms with Crippen molar-refractivity contribution in [1.29, 1.82) is 0 Å². The number of rotatable bonds is 3. The van der Waals surface area contributed by atoms with E-state index < -0.39 is 41.0 Å². The van der Waals surface area contributed by atoms with Crippen molar-refractivity contribution in [3.8, 4) is 0 Å². The molecule has 0 aromatic heterocycles. The molecule has 1 N–H and O–H groups in total. The van der Waals surface area contributed by atoms with Crippen molar-refractivity contribution in [2.75, 3.05) is 31.1 Å². The summed E-state index contributed by atoms with van der Waals surface area (Å²) in [5.41, 5.74) is -2.59. The van der Waals surface area contributed by atoms with Gasteiger partial charge in [0.25, 0.3) is 0 Å². The van der Waals surface area contributed by atoms with Crippen LogP contribution < -0.4 is 10.2 Å². The molecule has 0 aliphatic carbocycles. The average Bonchev–Trinajstić information content (AvgIpc) is 3.14. The van der Waals surface area contributed by atoms with Gasteiger partial charge in [-0.25, -0.2) is 9.18 Å². The maximum Gasteiger partial charge on any atom is 0.416 e. The van der Waals surface area contributed by atoms with E-state index in [9.17, 15) is 35.5 Å². The Hall–Kier alpha value is -2.82. The van der Waals surface area contributed by atoms with Gasteiger partial charge in [0.05, 0.1) is 11.1 Å². The van der Waals surface area contributed by atoms with E-state index in [-0.39, 0.29) is 31.1 Å². The van der Waals surface area contributed by atoms with Gasteiger partial charge in [0.2, 0.25) is 0 Å². The van der Waals surface area contributed by atoms with E-state index in [0.717, 1.165) is 10.5 Å². The molecule has 0 radical (unpaired) electrons. The molecule has 11 heteroatoms. The lowest BCUT2D eigenvalue weighted by atomic mass is 9.86. The summed E-state index contributed by atoms with van der Waals surface area (Å²) in [5.74, 6) is -0.608. The van der Waals surface area contributed by atoms with Crippen LogP contribution in [-0.4, -0.2) is 43.2 Å². The molecule has 2 aliphatic rings. The zero-order valence-electron chi connectivity index (χ0n) is 17.2. The number of nitrogens with one attached hydrogen (secondary N) is 1. The van der Waals surface area contributed by atoms with Crippen molar-refractivity contribution >= 4 is 11.7 Å². The number of hydrogen-bond donors (Lipinski definition) is 1. The van der Waals surface area contributed by atoms with Gasteiger partial charge < -0.3 is 10.2 Å². The summed E-state index contributed by atoms with van der Waals surface area (Å²) in [6.45, 7) is 1.20. The van der Waals surface area contributed by atoms with Crippen molar-refractivity contribution < 1.29 is 35.5 Å².